The van der Waals surface area contributed by atoms with Crippen molar-refractivity contribution in [2.45, 2.75) is 20.8 Å². The molecule has 0 amide bonds. The summed E-state index contributed by atoms with van der Waals surface area (Å²) in [6, 6.07) is 0. The average molecular weight is 175 g/mol. The minimum atomic E-state index is 0.621. The molecule has 1 aromatic rings. The van der Waals surface area contributed by atoms with E-state index < -0.39 is 0 Å². The van der Waals surface area contributed by atoms with E-state index in [0.717, 1.165) is 16.7 Å². The number of ether oxygens (including phenoxy) is 1. The first-order valence-electron chi connectivity index (χ1n) is 4.10. The molecule has 1 aromatic heterocycles. The van der Waals surface area contributed by atoms with Crippen LogP contribution in [0.15, 0.2) is 0 Å². The predicted molar refractivity (Wildman–Crippen MR) is 52.9 cm³/mol. The second kappa shape index (κ2) is 3.49. The lowest BCUT2D eigenvalue weighted by atomic mass is 10.0. The van der Waals surface area contributed by atoms with Gasteiger partial charge in [-0.15, -0.1) is 6.42 Å². The third kappa shape index (κ3) is 1.50. The fraction of sp³-hybridized carbons (Fsp3) is 0.364. The van der Waals surface area contributed by atoms with Gasteiger partial charge in [-0.25, -0.2) is 4.98 Å². The summed E-state index contributed by atoms with van der Waals surface area (Å²) in [6.07, 6.45) is 5.33. The van der Waals surface area contributed by atoms with Crippen LogP contribution in [0.25, 0.3) is 0 Å². The predicted octanol–water partition coefficient (Wildman–Crippen LogP) is 2.00. The molecule has 0 saturated heterocycles. The third-order valence-corrected chi connectivity index (χ3v) is 2.34. The Balaban J connectivity index is 3.48. The van der Waals surface area contributed by atoms with Gasteiger partial charge in [0.05, 0.1) is 7.11 Å². The van der Waals surface area contributed by atoms with Crippen LogP contribution < -0.4 is 4.74 Å². The monoisotopic (exact) mass is 175 g/mol. The lowest BCUT2D eigenvalue weighted by Gasteiger charge is -2.10. The van der Waals surface area contributed by atoms with Gasteiger partial charge in [-0.2, -0.15) is 0 Å². The lowest BCUT2D eigenvalue weighted by molar-refractivity contribution is 0.393. The van der Waals surface area contributed by atoms with Gasteiger partial charge >= 0.3 is 0 Å². The standard InChI is InChI=1S/C11H13NO/c1-6-10-8(3)7(2)9(4)11(12-10)13-5/h1H,2-5H3. The normalized spacial score (nSPS) is 9.46. The molecule has 0 saturated carbocycles. The summed E-state index contributed by atoms with van der Waals surface area (Å²) in [4.78, 5) is 4.21. The van der Waals surface area contributed by atoms with Crippen molar-refractivity contribution >= 4 is 0 Å². The first-order valence-corrected chi connectivity index (χ1v) is 4.10. The number of terminal acetylenes is 1. The van der Waals surface area contributed by atoms with Gasteiger partial charge in [-0.1, -0.05) is 0 Å². The topological polar surface area (TPSA) is 22.1 Å². The molecule has 0 aliphatic rings. The number of rotatable bonds is 1. The van der Waals surface area contributed by atoms with E-state index >= 15 is 0 Å². The van der Waals surface area contributed by atoms with Crippen LogP contribution in [0, 0.1) is 33.1 Å². The molecule has 2 nitrogen and oxygen atoms in total. The Morgan fingerprint density at radius 3 is 2.23 bits per heavy atom. The zero-order valence-corrected chi connectivity index (χ0v) is 8.43. The third-order valence-electron chi connectivity index (χ3n) is 2.34. The van der Waals surface area contributed by atoms with Crippen molar-refractivity contribution in [2.75, 3.05) is 7.11 Å². The van der Waals surface area contributed by atoms with E-state index in [2.05, 4.69) is 10.9 Å². The van der Waals surface area contributed by atoms with E-state index in [-0.39, 0.29) is 0 Å². The smallest absolute Gasteiger partial charge is 0.217 e. The highest BCUT2D eigenvalue weighted by atomic mass is 16.5. The molecule has 1 rings (SSSR count). The Bertz CT molecular complexity index is 375. The summed E-state index contributed by atoms with van der Waals surface area (Å²) in [5, 5.41) is 0. The van der Waals surface area contributed by atoms with Crippen molar-refractivity contribution in [3.63, 3.8) is 0 Å². The molecule has 0 bridgehead atoms. The van der Waals surface area contributed by atoms with Crippen LogP contribution in [-0.2, 0) is 0 Å². The second-order valence-corrected chi connectivity index (χ2v) is 2.99. The molecule has 0 aliphatic carbocycles. The first-order chi connectivity index (χ1) is 6.11. The maximum absolute atomic E-state index is 5.33. The largest absolute Gasteiger partial charge is 0.481 e. The van der Waals surface area contributed by atoms with Crippen molar-refractivity contribution in [1.29, 1.82) is 0 Å². The number of pyridine rings is 1. The number of hydrogen-bond donors (Lipinski definition) is 0. The number of hydrogen-bond acceptors (Lipinski definition) is 2. The molecular formula is C11H13NO. The summed E-state index contributed by atoms with van der Waals surface area (Å²) in [6.45, 7) is 5.98. The maximum Gasteiger partial charge on any atom is 0.217 e. The van der Waals surface area contributed by atoms with Crippen molar-refractivity contribution in [1.82, 2.24) is 4.98 Å². The van der Waals surface area contributed by atoms with Crippen LogP contribution in [0.1, 0.15) is 22.4 Å². The van der Waals surface area contributed by atoms with E-state index in [0.29, 0.717) is 11.6 Å². The van der Waals surface area contributed by atoms with Gasteiger partial charge in [-0.05, 0) is 37.8 Å². The van der Waals surface area contributed by atoms with Gasteiger partial charge in [0.25, 0.3) is 0 Å². The Morgan fingerprint density at radius 2 is 1.77 bits per heavy atom. The number of aromatic nitrogens is 1. The molecule has 0 aliphatic heterocycles. The van der Waals surface area contributed by atoms with Crippen LogP contribution in [0.4, 0.5) is 0 Å². The summed E-state index contributed by atoms with van der Waals surface area (Å²) < 4.78 is 5.12. The maximum atomic E-state index is 5.33. The summed E-state index contributed by atoms with van der Waals surface area (Å²) >= 11 is 0. The van der Waals surface area contributed by atoms with E-state index in [4.69, 9.17) is 11.2 Å². The Hall–Kier alpha value is -1.49. The quantitative estimate of drug-likeness (QED) is 0.609. The molecule has 1 heterocycles. The van der Waals surface area contributed by atoms with Crippen LogP contribution in [0.3, 0.4) is 0 Å². The minimum Gasteiger partial charge on any atom is -0.481 e. The highest BCUT2D eigenvalue weighted by Crippen LogP contribution is 2.22. The first kappa shape index (κ1) is 9.60. The van der Waals surface area contributed by atoms with Crippen molar-refractivity contribution < 1.29 is 4.74 Å². The van der Waals surface area contributed by atoms with Crippen molar-refractivity contribution in [3.8, 4) is 18.2 Å². The molecule has 0 unspecified atom stereocenters. The van der Waals surface area contributed by atoms with E-state index in [1.165, 1.54) is 0 Å². The summed E-state index contributed by atoms with van der Waals surface area (Å²) in [5.74, 6) is 3.17. The van der Waals surface area contributed by atoms with Gasteiger partial charge in [0, 0.05) is 5.56 Å². The SMILES string of the molecule is C#Cc1nc(OC)c(C)c(C)c1C. The molecule has 0 N–H and O–H groups in total. The number of methoxy groups -OCH3 is 1. The Kier molecular flexibility index (Phi) is 2.57. The van der Waals surface area contributed by atoms with Gasteiger partial charge in [0.15, 0.2) is 0 Å². The minimum absolute atomic E-state index is 0.621. The lowest BCUT2D eigenvalue weighted by Crippen LogP contribution is -2.00. The molecular weight excluding hydrogens is 162 g/mol. The molecule has 0 radical (unpaired) electrons. The van der Waals surface area contributed by atoms with Gasteiger partial charge in [-0.3, -0.25) is 0 Å². The van der Waals surface area contributed by atoms with Crippen LogP contribution in [-0.4, -0.2) is 12.1 Å². The Labute approximate surface area is 79.0 Å². The fourth-order valence-electron chi connectivity index (χ4n) is 1.23. The van der Waals surface area contributed by atoms with Gasteiger partial charge in [0.1, 0.15) is 5.69 Å². The van der Waals surface area contributed by atoms with E-state index in [9.17, 15) is 0 Å². The fourth-order valence-corrected chi connectivity index (χ4v) is 1.23. The van der Waals surface area contributed by atoms with E-state index in [1.54, 1.807) is 7.11 Å². The molecule has 0 fully saturated rings. The Morgan fingerprint density at radius 1 is 1.15 bits per heavy atom. The summed E-state index contributed by atoms with van der Waals surface area (Å²) in [7, 11) is 1.60. The van der Waals surface area contributed by atoms with Crippen molar-refractivity contribution in [3.05, 3.63) is 22.4 Å². The highest BCUT2D eigenvalue weighted by molar-refractivity contribution is 5.46. The highest BCUT2D eigenvalue weighted by Gasteiger charge is 2.09. The number of nitrogens with zero attached hydrogens (tertiary/aromatic N) is 1. The molecule has 0 aromatic carbocycles. The molecule has 13 heavy (non-hydrogen) atoms. The van der Waals surface area contributed by atoms with Gasteiger partial charge in [0.2, 0.25) is 5.88 Å². The average Bonchev–Trinajstić information content (AvgIpc) is 2.15. The van der Waals surface area contributed by atoms with E-state index in [1.807, 2.05) is 20.8 Å². The zero-order chi connectivity index (χ0) is 10.0. The molecule has 68 valence electrons. The summed E-state index contributed by atoms with van der Waals surface area (Å²) in [5.41, 5.74) is 3.93. The second-order valence-electron chi connectivity index (χ2n) is 2.99. The van der Waals surface area contributed by atoms with Crippen molar-refractivity contribution in [2.24, 2.45) is 0 Å². The van der Waals surface area contributed by atoms with Gasteiger partial charge < -0.3 is 4.74 Å². The molecule has 0 atom stereocenters. The molecule has 2 heteroatoms. The molecule has 0 spiro atoms. The van der Waals surface area contributed by atoms with Crippen LogP contribution >= 0.6 is 0 Å². The van der Waals surface area contributed by atoms with Crippen LogP contribution in [0.2, 0.25) is 0 Å². The zero-order valence-electron chi connectivity index (χ0n) is 8.43. The van der Waals surface area contributed by atoms with Crippen LogP contribution in [0.5, 0.6) is 5.88 Å².